The molecule has 150 valence electrons. The molecule has 1 aliphatic rings. The van der Waals surface area contributed by atoms with Gasteiger partial charge in [0.2, 0.25) is 5.91 Å². The number of carbonyl (C=O) groups excluding carboxylic acids is 2. The molecule has 0 heterocycles. The van der Waals surface area contributed by atoms with E-state index in [0.717, 1.165) is 29.7 Å². The number of halogens is 1. The highest BCUT2D eigenvalue weighted by Gasteiger charge is 2.17. The van der Waals surface area contributed by atoms with Crippen molar-refractivity contribution in [2.75, 3.05) is 11.1 Å². The van der Waals surface area contributed by atoms with Crippen molar-refractivity contribution in [1.29, 1.82) is 0 Å². The molecule has 0 atom stereocenters. The maximum absolute atomic E-state index is 12.5. The summed E-state index contributed by atoms with van der Waals surface area (Å²) in [5, 5.41) is 6.04. The van der Waals surface area contributed by atoms with Gasteiger partial charge < -0.3 is 16.4 Å². The first-order valence-corrected chi connectivity index (χ1v) is 9.57. The van der Waals surface area contributed by atoms with Crippen molar-refractivity contribution >= 4 is 35.6 Å². The number of amides is 2. The Hall–Kier alpha value is -2.53. The number of hydrogen-bond donors (Lipinski definition) is 3. The highest BCUT2D eigenvalue weighted by atomic mass is 35.5. The summed E-state index contributed by atoms with van der Waals surface area (Å²) in [5.41, 5.74) is 9.48. The fraction of sp³-hybridized carbons (Fsp3) is 0.364. The van der Waals surface area contributed by atoms with Gasteiger partial charge in [-0.25, -0.2) is 0 Å². The molecule has 1 aliphatic carbocycles. The molecule has 6 heteroatoms. The molecule has 0 radical (unpaired) electrons. The molecule has 28 heavy (non-hydrogen) atoms. The molecule has 0 saturated heterocycles. The van der Waals surface area contributed by atoms with Crippen LogP contribution in [0.1, 0.15) is 53.6 Å². The van der Waals surface area contributed by atoms with E-state index >= 15 is 0 Å². The van der Waals surface area contributed by atoms with Gasteiger partial charge in [0.25, 0.3) is 5.91 Å². The van der Waals surface area contributed by atoms with E-state index in [2.05, 4.69) is 10.6 Å². The van der Waals surface area contributed by atoms with Gasteiger partial charge in [0.05, 0.1) is 6.42 Å². The summed E-state index contributed by atoms with van der Waals surface area (Å²) < 4.78 is 0. The van der Waals surface area contributed by atoms with E-state index in [-0.39, 0.29) is 36.7 Å². The number of nitrogen functional groups attached to an aromatic ring is 1. The second-order valence-corrected chi connectivity index (χ2v) is 7.30. The Labute approximate surface area is 172 Å². The van der Waals surface area contributed by atoms with Crippen molar-refractivity contribution in [3.8, 4) is 0 Å². The third-order valence-corrected chi connectivity index (χ3v) is 5.05. The molecule has 0 spiro atoms. The molecule has 0 unspecified atom stereocenters. The predicted octanol–water partition coefficient (Wildman–Crippen LogP) is 4.24. The van der Waals surface area contributed by atoms with Crippen LogP contribution in [0.15, 0.2) is 42.5 Å². The fourth-order valence-corrected chi connectivity index (χ4v) is 3.48. The van der Waals surface area contributed by atoms with Crippen LogP contribution < -0.4 is 16.4 Å². The second kappa shape index (κ2) is 10.1. The average molecular weight is 402 g/mol. The Morgan fingerprint density at radius 2 is 1.71 bits per heavy atom. The maximum atomic E-state index is 12.5. The van der Waals surface area contributed by atoms with E-state index in [9.17, 15) is 9.59 Å². The standard InChI is InChI=1S/C22H27N3O2.ClH/c1-15-13-17(22(27)24-19-5-3-2-4-6-19)9-12-20(15)25-21(26)14-16-7-10-18(23)11-8-16;/h7-13,19H,2-6,14,23H2,1H3,(H,24,27)(H,25,26);1H. The van der Waals surface area contributed by atoms with Gasteiger partial charge in [-0.2, -0.15) is 0 Å². The number of hydrogen-bond acceptors (Lipinski definition) is 3. The van der Waals surface area contributed by atoms with E-state index in [1.165, 1.54) is 19.3 Å². The van der Waals surface area contributed by atoms with Crippen molar-refractivity contribution in [3.05, 3.63) is 59.2 Å². The smallest absolute Gasteiger partial charge is 0.251 e. The molecule has 2 amide bonds. The third kappa shape index (κ3) is 5.99. The number of nitrogens with two attached hydrogens (primary N) is 1. The van der Waals surface area contributed by atoms with Crippen LogP contribution in [0.5, 0.6) is 0 Å². The lowest BCUT2D eigenvalue weighted by atomic mass is 9.95. The lowest BCUT2D eigenvalue weighted by Gasteiger charge is -2.23. The third-order valence-electron chi connectivity index (χ3n) is 5.05. The number of carbonyl (C=O) groups is 2. The molecule has 0 aromatic heterocycles. The van der Waals surface area contributed by atoms with Crippen LogP contribution in [0.25, 0.3) is 0 Å². The van der Waals surface area contributed by atoms with Gasteiger partial charge in [-0.3, -0.25) is 9.59 Å². The van der Waals surface area contributed by atoms with Crippen molar-refractivity contribution in [2.45, 2.75) is 51.5 Å². The average Bonchev–Trinajstić information content (AvgIpc) is 2.66. The van der Waals surface area contributed by atoms with Crippen LogP contribution in [-0.4, -0.2) is 17.9 Å². The Kier molecular flexibility index (Phi) is 7.88. The SMILES string of the molecule is Cc1cc(C(=O)NC2CCCCC2)ccc1NC(=O)Cc1ccc(N)cc1.Cl. The van der Waals surface area contributed by atoms with Gasteiger partial charge >= 0.3 is 0 Å². The van der Waals surface area contributed by atoms with Gasteiger partial charge in [0.15, 0.2) is 0 Å². The van der Waals surface area contributed by atoms with Crippen molar-refractivity contribution in [2.24, 2.45) is 0 Å². The molecule has 0 aliphatic heterocycles. The zero-order chi connectivity index (χ0) is 19.2. The monoisotopic (exact) mass is 401 g/mol. The fourth-order valence-electron chi connectivity index (χ4n) is 3.48. The normalized spacial score (nSPS) is 14.0. The topological polar surface area (TPSA) is 84.2 Å². The first kappa shape index (κ1) is 21.8. The number of benzene rings is 2. The predicted molar refractivity (Wildman–Crippen MR) is 116 cm³/mol. The summed E-state index contributed by atoms with van der Waals surface area (Å²) in [7, 11) is 0. The van der Waals surface area contributed by atoms with Crippen LogP contribution in [0, 0.1) is 6.92 Å². The molecule has 5 nitrogen and oxygen atoms in total. The highest BCUT2D eigenvalue weighted by Crippen LogP contribution is 2.20. The van der Waals surface area contributed by atoms with E-state index in [0.29, 0.717) is 11.3 Å². The van der Waals surface area contributed by atoms with Crippen molar-refractivity contribution < 1.29 is 9.59 Å². The zero-order valence-electron chi connectivity index (χ0n) is 16.2. The largest absolute Gasteiger partial charge is 0.399 e. The summed E-state index contributed by atoms with van der Waals surface area (Å²) >= 11 is 0. The molecular formula is C22H28ClN3O2. The number of aryl methyl sites for hydroxylation is 1. The summed E-state index contributed by atoms with van der Waals surface area (Å²) in [4.78, 5) is 24.7. The molecule has 4 N–H and O–H groups in total. The Bertz CT molecular complexity index is 815. The van der Waals surface area contributed by atoms with Crippen molar-refractivity contribution in [1.82, 2.24) is 5.32 Å². The van der Waals surface area contributed by atoms with Gasteiger partial charge in [-0.05, 0) is 61.2 Å². The van der Waals surface area contributed by atoms with E-state index < -0.39 is 0 Å². The minimum Gasteiger partial charge on any atom is -0.399 e. The number of nitrogens with one attached hydrogen (secondary N) is 2. The van der Waals surface area contributed by atoms with Gasteiger partial charge in [0.1, 0.15) is 0 Å². The molecule has 1 fully saturated rings. The van der Waals surface area contributed by atoms with Gasteiger partial charge in [-0.15, -0.1) is 12.4 Å². The minimum absolute atomic E-state index is 0. The summed E-state index contributed by atoms with van der Waals surface area (Å²) in [6.07, 6.45) is 6.03. The van der Waals surface area contributed by atoms with Crippen LogP contribution >= 0.6 is 12.4 Å². The molecule has 0 bridgehead atoms. The van der Waals surface area contributed by atoms with E-state index in [1.54, 1.807) is 24.3 Å². The van der Waals surface area contributed by atoms with Crippen LogP contribution in [0.3, 0.4) is 0 Å². The van der Waals surface area contributed by atoms with Gasteiger partial charge in [-0.1, -0.05) is 31.4 Å². The molecule has 3 rings (SSSR count). The number of rotatable bonds is 5. The quantitative estimate of drug-likeness (QED) is 0.655. The second-order valence-electron chi connectivity index (χ2n) is 7.30. The van der Waals surface area contributed by atoms with Crippen LogP contribution in [0.2, 0.25) is 0 Å². The number of anilines is 2. The Morgan fingerprint density at radius 1 is 1.04 bits per heavy atom. The first-order chi connectivity index (χ1) is 13.0. The van der Waals surface area contributed by atoms with Gasteiger partial charge in [0, 0.05) is 23.0 Å². The molecule has 2 aromatic carbocycles. The van der Waals surface area contributed by atoms with E-state index in [4.69, 9.17) is 5.73 Å². The van der Waals surface area contributed by atoms with Crippen LogP contribution in [-0.2, 0) is 11.2 Å². The van der Waals surface area contributed by atoms with E-state index in [1.807, 2.05) is 25.1 Å². The summed E-state index contributed by atoms with van der Waals surface area (Å²) in [6.45, 7) is 1.90. The zero-order valence-corrected chi connectivity index (χ0v) is 17.0. The first-order valence-electron chi connectivity index (χ1n) is 9.57. The highest BCUT2D eigenvalue weighted by molar-refractivity contribution is 5.97. The van der Waals surface area contributed by atoms with Crippen LogP contribution in [0.4, 0.5) is 11.4 Å². The summed E-state index contributed by atoms with van der Waals surface area (Å²) in [5.74, 6) is -0.132. The molecule has 2 aromatic rings. The minimum atomic E-state index is -0.0951. The lowest BCUT2D eigenvalue weighted by Crippen LogP contribution is -2.36. The molecule has 1 saturated carbocycles. The maximum Gasteiger partial charge on any atom is 0.251 e. The lowest BCUT2D eigenvalue weighted by molar-refractivity contribution is -0.115. The molecular weight excluding hydrogens is 374 g/mol. The Morgan fingerprint density at radius 3 is 2.36 bits per heavy atom. The Balaban J connectivity index is 0.00000280. The summed E-state index contributed by atoms with van der Waals surface area (Å²) in [6, 6.07) is 12.9. The van der Waals surface area contributed by atoms with Crippen molar-refractivity contribution in [3.63, 3.8) is 0 Å².